The van der Waals surface area contributed by atoms with Gasteiger partial charge >= 0.3 is 0 Å². The third-order valence-corrected chi connectivity index (χ3v) is 3.10. The highest BCUT2D eigenvalue weighted by atomic mass is 16.5. The molecule has 5 nitrogen and oxygen atoms in total. The minimum atomic E-state index is -0.957. The minimum absolute atomic E-state index is 0.476. The largest absolute Gasteiger partial charge is 0.478 e. The van der Waals surface area contributed by atoms with Crippen LogP contribution in [0.25, 0.3) is 0 Å². The van der Waals surface area contributed by atoms with Gasteiger partial charge in [-0.15, -0.1) is 0 Å². The smallest absolute Gasteiger partial charge is 0.261 e. The molecule has 0 aromatic heterocycles. The van der Waals surface area contributed by atoms with E-state index in [2.05, 4.69) is 6.07 Å². The molecule has 0 bridgehead atoms. The van der Waals surface area contributed by atoms with Crippen molar-refractivity contribution in [1.29, 1.82) is 5.26 Å². The topological polar surface area (TPSA) is 85.3 Å². The van der Waals surface area contributed by atoms with Gasteiger partial charge in [0.1, 0.15) is 17.6 Å². The number of nitrogens with two attached hydrogens (primary N) is 1. The lowest BCUT2D eigenvalue weighted by Gasteiger charge is -2.22. The Bertz CT molecular complexity index is 705. The standard InChI is InChI=1S/C10H13NO2.C10H11NO/c1-10(2,9(11)12)13-8-6-4-3-5-7-8;1-10(2,8-11)12-9-6-4-3-5-7-9/h3-7H,1-2H3,(H2,11,12);3-7H,1-2H3. The summed E-state index contributed by atoms with van der Waals surface area (Å²) in [6, 6.07) is 20.5. The molecule has 0 atom stereocenters. The molecule has 2 aromatic rings. The third kappa shape index (κ3) is 7.40. The van der Waals surface area contributed by atoms with Gasteiger partial charge in [-0.2, -0.15) is 5.26 Å². The summed E-state index contributed by atoms with van der Waals surface area (Å²) >= 11 is 0. The van der Waals surface area contributed by atoms with Gasteiger partial charge < -0.3 is 15.2 Å². The third-order valence-electron chi connectivity index (χ3n) is 3.10. The first kappa shape index (κ1) is 20.0. The van der Waals surface area contributed by atoms with E-state index in [1.165, 1.54) is 0 Å². The fraction of sp³-hybridized carbons (Fsp3) is 0.300. The first-order valence-electron chi connectivity index (χ1n) is 7.85. The summed E-state index contributed by atoms with van der Waals surface area (Å²) in [5.41, 5.74) is 3.45. The summed E-state index contributed by atoms with van der Waals surface area (Å²) in [4.78, 5) is 10.9. The van der Waals surface area contributed by atoms with E-state index in [-0.39, 0.29) is 0 Å². The van der Waals surface area contributed by atoms with Crippen molar-refractivity contribution in [2.45, 2.75) is 38.9 Å². The van der Waals surface area contributed by atoms with Gasteiger partial charge in [0.05, 0.1) is 0 Å². The number of nitriles is 1. The van der Waals surface area contributed by atoms with Crippen LogP contribution in [0.2, 0.25) is 0 Å². The molecule has 5 heteroatoms. The van der Waals surface area contributed by atoms with Crippen LogP contribution in [-0.2, 0) is 4.79 Å². The van der Waals surface area contributed by atoms with Crippen molar-refractivity contribution in [3.05, 3.63) is 60.7 Å². The molecule has 0 fully saturated rings. The molecule has 0 unspecified atom stereocenters. The van der Waals surface area contributed by atoms with Gasteiger partial charge in [0.2, 0.25) is 0 Å². The summed E-state index contributed by atoms with van der Waals surface area (Å²) in [5.74, 6) is 0.895. The van der Waals surface area contributed by atoms with Gasteiger partial charge in [-0.25, -0.2) is 0 Å². The summed E-state index contributed by atoms with van der Waals surface area (Å²) < 4.78 is 10.8. The zero-order chi connectivity index (χ0) is 18.9. The molecule has 2 N–H and O–H groups in total. The average molecular weight is 340 g/mol. The fourth-order valence-electron chi connectivity index (χ4n) is 1.64. The predicted octanol–water partition coefficient (Wildman–Crippen LogP) is 3.70. The highest BCUT2D eigenvalue weighted by Crippen LogP contribution is 2.17. The average Bonchev–Trinajstić information content (AvgIpc) is 2.56. The van der Waals surface area contributed by atoms with Crippen LogP contribution in [0.1, 0.15) is 27.7 Å². The zero-order valence-electron chi connectivity index (χ0n) is 15.0. The SMILES string of the molecule is CC(C)(C#N)Oc1ccccc1.CC(C)(Oc1ccccc1)C(N)=O. The lowest BCUT2D eigenvalue weighted by molar-refractivity contribution is -0.130. The molecule has 2 rings (SSSR count). The lowest BCUT2D eigenvalue weighted by atomic mass is 10.1. The first-order chi connectivity index (χ1) is 11.7. The van der Waals surface area contributed by atoms with Crippen molar-refractivity contribution >= 4 is 5.91 Å². The Morgan fingerprint density at radius 2 is 1.28 bits per heavy atom. The lowest BCUT2D eigenvalue weighted by Crippen LogP contribution is -2.43. The van der Waals surface area contributed by atoms with Crippen LogP contribution in [0, 0.1) is 11.3 Å². The maximum atomic E-state index is 10.9. The number of amides is 1. The van der Waals surface area contributed by atoms with Crippen molar-refractivity contribution in [3.63, 3.8) is 0 Å². The molecule has 25 heavy (non-hydrogen) atoms. The summed E-state index contributed by atoms with van der Waals surface area (Å²) in [6.07, 6.45) is 0. The normalized spacial score (nSPS) is 10.7. The molecule has 0 spiro atoms. The Morgan fingerprint density at radius 3 is 1.64 bits per heavy atom. The molecular weight excluding hydrogens is 316 g/mol. The maximum Gasteiger partial charge on any atom is 0.261 e. The molecule has 0 radical (unpaired) electrons. The van der Waals surface area contributed by atoms with Crippen molar-refractivity contribution in [2.24, 2.45) is 5.73 Å². The quantitative estimate of drug-likeness (QED) is 0.899. The summed E-state index contributed by atoms with van der Waals surface area (Å²) in [5, 5.41) is 8.68. The Labute approximate surface area is 149 Å². The molecule has 0 saturated heterocycles. The number of carbonyl (C=O) groups excluding carboxylic acids is 1. The van der Waals surface area contributed by atoms with Crippen molar-refractivity contribution in [3.8, 4) is 17.6 Å². The van der Waals surface area contributed by atoms with E-state index < -0.39 is 17.1 Å². The summed E-state index contributed by atoms with van der Waals surface area (Å²) in [7, 11) is 0. The van der Waals surface area contributed by atoms with Crippen LogP contribution in [-0.4, -0.2) is 17.1 Å². The van der Waals surface area contributed by atoms with Crippen LogP contribution in [0.3, 0.4) is 0 Å². The monoisotopic (exact) mass is 340 g/mol. The number of nitrogens with zero attached hydrogens (tertiary/aromatic N) is 1. The van der Waals surface area contributed by atoms with Gasteiger partial charge in [0, 0.05) is 0 Å². The Hall–Kier alpha value is -3.00. The van der Waals surface area contributed by atoms with Gasteiger partial charge in [-0.05, 0) is 52.0 Å². The van der Waals surface area contributed by atoms with E-state index in [0.717, 1.165) is 5.75 Å². The van der Waals surface area contributed by atoms with Crippen LogP contribution < -0.4 is 15.2 Å². The van der Waals surface area contributed by atoms with Crippen molar-refractivity contribution < 1.29 is 14.3 Å². The van der Waals surface area contributed by atoms with Crippen molar-refractivity contribution in [1.82, 2.24) is 0 Å². The summed E-state index contributed by atoms with van der Waals surface area (Å²) in [6.45, 7) is 6.75. The molecular formula is C20H24N2O3. The molecule has 2 aromatic carbocycles. The van der Waals surface area contributed by atoms with Crippen LogP contribution in [0.5, 0.6) is 11.5 Å². The van der Waals surface area contributed by atoms with Crippen LogP contribution in [0.4, 0.5) is 0 Å². The Balaban J connectivity index is 0.000000251. The first-order valence-corrected chi connectivity index (χ1v) is 7.85. The highest BCUT2D eigenvalue weighted by molar-refractivity contribution is 5.82. The van der Waals surface area contributed by atoms with E-state index in [4.69, 9.17) is 20.5 Å². The van der Waals surface area contributed by atoms with E-state index >= 15 is 0 Å². The number of hydrogen-bond acceptors (Lipinski definition) is 4. The fourth-order valence-corrected chi connectivity index (χ4v) is 1.64. The number of para-hydroxylation sites is 2. The van der Waals surface area contributed by atoms with E-state index in [1.807, 2.05) is 48.5 Å². The van der Waals surface area contributed by atoms with Crippen molar-refractivity contribution in [2.75, 3.05) is 0 Å². The van der Waals surface area contributed by atoms with E-state index in [9.17, 15) is 4.79 Å². The maximum absolute atomic E-state index is 10.9. The number of primary amides is 1. The predicted molar refractivity (Wildman–Crippen MR) is 97.1 cm³/mol. The number of ether oxygens (including phenoxy) is 2. The molecule has 0 saturated carbocycles. The molecule has 0 heterocycles. The van der Waals surface area contributed by atoms with E-state index in [1.54, 1.807) is 39.8 Å². The second kappa shape index (κ2) is 8.74. The Kier molecular flexibility index (Phi) is 7.01. The molecule has 0 aliphatic heterocycles. The number of benzene rings is 2. The highest BCUT2D eigenvalue weighted by Gasteiger charge is 2.26. The number of carbonyl (C=O) groups is 1. The van der Waals surface area contributed by atoms with Gasteiger partial charge in [-0.1, -0.05) is 36.4 Å². The minimum Gasteiger partial charge on any atom is -0.478 e. The van der Waals surface area contributed by atoms with Gasteiger partial charge in [0.25, 0.3) is 5.91 Å². The number of hydrogen-bond donors (Lipinski definition) is 1. The van der Waals surface area contributed by atoms with Gasteiger partial charge in [-0.3, -0.25) is 4.79 Å². The molecule has 0 aliphatic carbocycles. The van der Waals surface area contributed by atoms with Crippen LogP contribution >= 0.6 is 0 Å². The van der Waals surface area contributed by atoms with Crippen LogP contribution in [0.15, 0.2) is 60.7 Å². The molecule has 0 aliphatic rings. The molecule has 1 amide bonds. The van der Waals surface area contributed by atoms with E-state index in [0.29, 0.717) is 5.75 Å². The second-order valence-corrected chi connectivity index (χ2v) is 6.33. The van der Waals surface area contributed by atoms with Gasteiger partial charge in [0.15, 0.2) is 11.2 Å². The second-order valence-electron chi connectivity index (χ2n) is 6.33. The Morgan fingerprint density at radius 1 is 0.880 bits per heavy atom. The number of rotatable bonds is 5. The molecule has 132 valence electrons. The zero-order valence-corrected chi connectivity index (χ0v) is 15.0.